The molecule has 0 aromatic carbocycles. The molecule has 0 unspecified atom stereocenters. The van der Waals surface area contributed by atoms with Crippen LogP contribution in [0, 0.1) is 0 Å². The summed E-state index contributed by atoms with van der Waals surface area (Å²) >= 11 is 0. The Bertz CT molecular complexity index is 345. The van der Waals surface area contributed by atoms with Gasteiger partial charge in [-0.3, -0.25) is 4.90 Å². The molecule has 0 radical (unpaired) electrons. The van der Waals surface area contributed by atoms with Crippen LogP contribution in [0.5, 0.6) is 0 Å². The Balaban J connectivity index is 1.57. The van der Waals surface area contributed by atoms with Crippen LogP contribution in [0.2, 0.25) is 0 Å². The molecule has 0 aromatic heterocycles. The average Bonchev–Trinajstić information content (AvgIpc) is 3.06. The molecule has 1 aliphatic heterocycles. The Kier molecular flexibility index (Phi) is 4.04. The molecule has 21 heavy (non-hydrogen) atoms. The quantitative estimate of drug-likeness (QED) is 0.727. The fourth-order valence-corrected chi connectivity index (χ4v) is 5.97. The topological polar surface area (TPSA) is 15.3 Å². The van der Waals surface area contributed by atoms with Gasteiger partial charge in [0.2, 0.25) is 0 Å². The molecular formula is C19H34N2. The largest absolute Gasteiger partial charge is 0.308 e. The number of rotatable bonds is 1. The van der Waals surface area contributed by atoms with E-state index in [9.17, 15) is 0 Å². The van der Waals surface area contributed by atoms with Gasteiger partial charge in [-0.15, -0.1) is 0 Å². The van der Waals surface area contributed by atoms with Crippen molar-refractivity contribution in [3.8, 4) is 0 Å². The van der Waals surface area contributed by atoms with Crippen LogP contribution in [0.1, 0.15) is 89.9 Å². The van der Waals surface area contributed by atoms with Crippen molar-refractivity contribution in [1.82, 2.24) is 10.2 Å². The highest BCUT2D eigenvalue weighted by Crippen LogP contribution is 2.45. The summed E-state index contributed by atoms with van der Waals surface area (Å²) in [6, 6.07) is 0.908. The van der Waals surface area contributed by atoms with Crippen LogP contribution < -0.4 is 5.32 Å². The normalized spacial score (nSPS) is 33.7. The first-order valence-corrected chi connectivity index (χ1v) is 9.84. The first-order chi connectivity index (χ1) is 10.3. The number of piperazine rings is 1. The van der Waals surface area contributed by atoms with E-state index in [4.69, 9.17) is 0 Å². The van der Waals surface area contributed by atoms with Crippen molar-refractivity contribution >= 4 is 0 Å². The van der Waals surface area contributed by atoms with Gasteiger partial charge in [-0.2, -0.15) is 0 Å². The second kappa shape index (κ2) is 5.85. The molecule has 2 spiro atoms. The predicted octanol–water partition coefficient (Wildman–Crippen LogP) is 4.24. The Morgan fingerprint density at radius 2 is 1.33 bits per heavy atom. The molecule has 2 nitrogen and oxygen atoms in total. The summed E-state index contributed by atoms with van der Waals surface area (Å²) in [4.78, 5) is 3.08. The third kappa shape index (κ3) is 2.67. The molecule has 4 fully saturated rings. The third-order valence-corrected chi connectivity index (χ3v) is 7.24. The second-order valence-electron chi connectivity index (χ2n) is 8.55. The van der Waals surface area contributed by atoms with E-state index >= 15 is 0 Å². The lowest BCUT2D eigenvalue weighted by atomic mass is 9.82. The summed E-state index contributed by atoms with van der Waals surface area (Å²) in [6.45, 7) is 2.67. The molecule has 120 valence electrons. The Labute approximate surface area is 131 Å². The third-order valence-electron chi connectivity index (χ3n) is 7.24. The van der Waals surface area contributed by atoms with Crippen molar-refractivity contribution in [2.24, 2.45) is 0 Å². The van der Waals surface area contributed by atoms with Gasteiger partial charge in [-0.25, -0.2) is 0 Å². The number of nitrogens with one attached hydrogen (secondary N) is 1. The van der Waals surface area contributed by atoms with E-state index in [0.29, 0.717) is 11.1 Å². The van der Waals surface area contributed by atoms with E-state index in [1.807, 2.05) is 0 Å². The van der Waals surface area contributed by atoms with Crippen LogP contribution in [0.3, 0.4) is 0 Å². The Morgan fingerprint density at radius 1 is 0.714 bits per heavy atom. The molecule has 4 rings (SSSR count). The highest BCUT2D eigenvalue weighted by molar-refractivity contribution is 5.10. The summed E-state index contributed by atoms with van der Waals surface area (Å²) in [5, 5.41) is 4.07. The minimum Gasteiger partial charge on any atom is -0.308 e. The van der Waals surface area contributed by atoms with E-state index in [-0.39, 0.29) is 0 Å². The standard InChI is InChI=1S/C19H34N2/c1-2-4-10-17(9-3-1)21-16-18(11-5-6-12-18)20-15-19(21)13-7-8-14-19/h17,20H,1-16H2. The highest BCUT2D eigenvalue weighted by Gasteiger charge is 2.51. The summed E-state index contributed by atoms with van der Waals surface area (Å²) in [5.41, 5.74) is 1.04. The van der Waals surface area contributed by atoms with Crippen LogP contribution in [0.4, 0.5) is 0 Å². The second-order valence-corrected chi connectivity index (χ2v) is 8.55. The maximum absolute atomic E-state index is 4.07. The predicted molar refractivity (Wildman–Crippen MR) is 88.6 cm³/mol. The van der Waals surface area contributed by atoms with Gasteiger partial charge in [0, 0.05) is 30.2 Å². The highest BCUT2D eigenvalue weighted by atomic mass is 15.3. The van der Waals surface area contributed by atoms with Crippen molar-refractivity contribution in [2.75, 3.05) is 13.1 Å². The zero-order valence-corrected chi connectivity index (χ0v) is 13.8. The van der Waals surface area contributed by atoms with Gasteiger partial charge in [-0.05, 0) is 38.5 Å². The average molecular weight is 290 g/mol. The van der Waals surface area contributed by atoms with Gasteiger partial charge in [-0.1, -0.05) is 51.4 Å². The molecule has 3 saturated carbocycles. The van der Waals surface area contributed by atoms with Crippen LogP contribution in [-0.2, 0) is 0 Å². The number of hydrogen-bond acceptors (Lipinski definition) is 2. The van der Waals surface area contributed by atoms with Crippen LogP contribution >= 0.6 is 0 Å². The van der Waals surface area contributed by atoms with E-state index < -0.39 is 0 Å². The zero-order chi connectivity index (χ0) is 14.2. The van der Waals surface area contributed by atoms with Crippen molar-refractivity contribution in [1.29, 1.82) is 0 Å². The molecule has 1 heterocycles. The monoisotopic (exact) mass is 290 g/mol. The summed E-state index contributed by atoms with van der Waals surface area (Å²) < 4.78 is 0. The Morgan fingerprint density at radius 3 is 2.00 bits per heavy atom. The number of hydrogen-bond donors (Lipinski definition) is 1. The molecule has 0 bridgehead atoms. The lowest BCUT2D eigenvalue weighted by Crippen LogP contribution is -2.70. The van der Waals surface area contributed by atoms with E-state index in [0.717, 1.165) is 6.04 Å². The van der Waals surface area contributed by atoms with Crippen molar-refractivity contribution in [3.63, 3.8) is 0 Å². The molecule has 1 saturated heterocycles. The first kappa shape index (κ1) is 14.5. The van der Waals surface area contributed by atoms with Gasteiger partial charge in [0.05, 0.1) is 0 Å². The fourth-order valence-electron chi connectivity index (χ4n) is 5.97. The SMILES string of the molecule is C1CCCC(N2CC3(CCCC3)NCC23CCCC3)CC1. The minimum absolute atomic E-state index is 0.500. The molecule has 0 amide bonds. The first-order valence-electron chi connectivity index (χ1n) is 9.84. The number of nitrogens with zero attached hydrogens (tertiary/aromatic N) is 1. The molecule has 4 aliphatic rings. The van der Waals surface area contributed by atoms with Crippen molar-refractivity contribution < 1.29 is 0 Å². The fraction of sp³-hybridized carbons (Fsp3) is 1.00. The maximum Gasteiger partial charge on any atom is 0.0337 e. The Hall–Kier alpha value is -0.0800. The maximum atomic E-state index is 4.07. The molecular weight excluding hydrogens is 256 g/mol. The zero-order valence-electron chi connectivity index (χ0n) is 13.8. The summed E-state index contributed by atoms with van der Waals surface area (Å²) in [5.74, 6) is 0. The van der Waals surface area contributed by atoms with Gasteiger partial charge in [0.15, 0.2) is 0 Å². The summed E-state index contributed by atoms with van der Waals surface area (Å²) in [7, 11) is 0. The van der Waals surface area contributed by atoms with Crippen molar-refractivity contribution in [2.45, 2.75) is 107 Å². The van der Waals surface area contributed by atoms with Crippen LogP contribution in [-0.4, -0.2) is 35.1 Å². The van der Waals surface area contributed by atoms with E-state index in [1.54, 1.807) is 0 Å². The molecule has 0 atom stereocenters. The van der Waals surface area contributed by atoms with Gasteiger partial charge in [0.25, 0.3) is 0 Å². The molecule has 0 aromatic rings. The van der Waals surface area contributed by atoms with Gasteiger partial charge < -0.3 is 5.32 Å². The van der Waals surface area contributed by atoms with E-state index in [1.165, 1.54) is 103 Å². The lowest BCUT2D eigenvalue weighted by molar-refractivity contribution is -0.0276. The summed E-state index contributed by atoms with van der Waals surface area (Å²) in [6.07, 6.45) is 20.6. The van der Waals surface area contributed by atoms with Crippen molar-refractivity contribution in [3.05, 3.63) is 0 Å². The minimum atomic E-state index is 0.500. The van der Waals surface area contributed by atoms with Gasteiger partial charge in [0.1, 0.15) is 0 Å². The molecule has 3 aliphatic carbocycles. The van der Waals surface area contributed by atoms with Gasteiger partial charge >= 0.3 is 0 Å². The van der Waals surface area contributed by atoms with Crippen LogP contribution in [0.15, 0.2) is 0 Å². The lowest BCUT2D eigenvalue weighted by Gasteiger charge is -2.55. The molecule has 1 N–H and O–H groups in total. The van der Waals surface area contributed by atoms with E-state index in [2.05, 4.69) is 10.2 Å². The van der Waals surface area contributed by atoms with Crippen LogP contribution in [0.25, 0.3) is 0 Å². The molecule has 2 heteroatoms. The smallest absolute Gasteiger partial charge is 0.0337 e.